The van der Waals surface area contributed by atoms with Crippen LogP contribution in [0.5, 0.6) is 11.5 Å². The molecule has 0 amide bonds. The number of likely N-dealkylation sites (tertiary alicyclic amines) is 1. The van der Waals surface area contributed by atoms with Crippen LogP contribution in [0.2, 0.25) is 0 Å². The van der Waals surface area contributed by atoms with Gasteiger partial charge in [-0.1, -0.05) is 12.1 Å². The topological polar surface area (TPSA) is 145 Å². The molecule has 1 aromatic carbocycles. The van der Waals surface area contributed by atoms with Gasteiger partial charge < -0.3 is 25.2 Å². The normalized spacial score (nSPS) is 32.9. The fourth-order valence-electron chi connectivity index (χ4n) is 5.80. The average molecular weight is 417 g/mol. The SMILES string of the molecule is C=CCN1CC[C@]23c4c5ccc(O)c4O[C@H]2C(=O)CC[C@@]3(O)[C@H]1C5.O=C(O)C(=O)O. The molecule has 9 heteroatoms. The van der Waals surface area contributed by atoms with Crippen molar-refractivity contribution >= 4 is 17.7 Å². The molecule has 1 saturated carbocycles. The maximum Gasteiger partial charge on any atom is 0.414 e. The number of benzene rings is 1. The second kappa shape index (κ2) is 6.82. The minimum Gasteiger partial charge on any atom is -0.504 e. The van der Waals surface area contributed by atoms with Gasteiger partial charge in [0.25, 0.3) is 0 Å². The predicted octanol–water partition coefficient (Wildman–Crippen LogP) is 0.457. The molecule has 0 unspecified atom stereocenters. The third kappa shape index (κ3) is 2.51. The molecular formula is C21H23NO8. The monoisotopic (exact) mass is 417 g/mol. The summed E-state index contributed by atoms with van der Waals surface area (Å²) in [5.41, 5.74) is 0.256. The van der Waals surface area contributed by atoms with Crippen molar-refractivity contribution in [3.8, 4) is 11.5 Å². The van der Waals surface area contributed by atoms with Gasteiger partial charge in [-0.2, -0.15) is 0 Å². The van der Waals surface area contributed by atoms with Gasteiger partial charge in [0.15, 0.2) is 23.4 Å². The molecule has 4 aliphatic rings. The van der Waals surface area contributed by atoms with Crippen LogP contribution in [0.4, 0.5) is 0 Å². The third-order valence-electron chi connectivity index (χ3n) is 6.92. The molecule has 4 N–H and O–H groups in total. The number of aliphatic hydroxyl groups is 1. The van der Waals surface area contributed by atoms with Gasteiger partial charge in [0.2, 0.25) is 0 Å². The maximum absolute atomic E-state index is 12.6. The number of piperidine rings is 1. The molecule has 2 bridgehead atoms. The summed E-state index contributed by atoms with van der Waals surface area (Å²) in [6.07, 6.45) is 3.35. The van der Waals surface area contributed by atoms with Crippen LogP contribution >= 0.6 is 0 Å². The van der Waals surface area contributed by atoms with Gasteiger partial charge in [-0.05, 0) is 30.9 Å². The molecule has 2 aliphatic heterocycles. The number of carboxylic acids is 2. The van der Waals surface area contributed by atoms with Gasteiger partial charge in [0.1, 0.15) is 0 Å². The number of aromatic hydroxyl groups is 1. The number of carbonyl (C=O) groups is 3. The highest BCUT2D eigenvalue weighted by atomic mass is 16.5. The summed E-state index contributed by atoms with van der Waals surface area (Å²) >= 11 is 0. The lowest BCUT2D eigenvalue weighted by Crippen LogP contribution is -2.76. The Labute approximate surface area is 172 Å². The van der Waals surface area contributed by atoms with E-state index in [2.05, 4.69) is 11.5 Å². The van der Waals surface area contributed by atoms with Crippen molar-refractivity contribution in [1.82, 2.24) is 4.90 Å². The molecule has 9 nitrogen and oxygen atoms in total. The average Bonchev–Trinajstić information content (AvgIpc) is 3.05. The first kappa shape index (κ1) is 20.4. The molecule has 0 radical (unpaired) electrons. The molecule has 1 spiro atoms. The van der Waals surface area contributed by atoms with Crippen LogP contribution in [-0.2, 0) is 26.2 Å². The first-order chi connectivity index (χ1) is 14.2. The fraction of sp³-hybridized carbons (Fsp3) is 0.476. The van der Waals surface area contributed by atoms with E-state index in [1.807, 2.05) is 12.1 Å². The summed E-state index contributed by atoms with van der Waals surface area (Å²) in [5, 5.41) is 36.9. The summed E-state index contributed by atoms with van der Waals surface area (Å²) in [6.45, 7) is 5.36. The number of aliphatic carboxylic acids is 2. The predicted molar refractivity (Wildman–Crippen MR) is 103 cm³/mol. The van der Waals surface area contributed by atoms with Gasteiger partial charge in [0, 0.05) is 31.1 Å². The smallest absolute Gasteiger partial charge is 0.414 e. The van der Waals surface area contributed by atoms with Crippen molar-refractivity contribution in [2.75, 3.05) is 13.1 Å². The van der Waals surface area contributed by atoms with Crippen LogP contribution < -0.4 is 4.74 Å². The summed E-state index contributed by atoms with van der Waals surface area (Å²) in [5.74, 6) is -3.12. The zero-order chi connectivity index (χ0) is 21.8. The van der Waals surface area contributed by atoms with Gasteiger partial charge in [-0.3, -0.25) is 9.69 Å². The number of hydrogen-bond acceptors (Lipinski definition) is 7. The second-order valence-corrected chi connectivity index (χ2v) is 8.17. The summed E-state index contributed by atoms with van der Waals surface area (Å²) in [6, 6.07) is 3.52. The van der Waals surface area contributed by atoms with Crippen LogP contribution in [0.25, 0.3) is 0 Å². The van der Waals surface area contributed by atoms with E-state index in [0.29, 0.717) is 31.4 Å². The van der Waals surface area contributed by atoms with Crippen LogP contribution in [0.3, 0.4) is 0 Å². The minimum absolute atomic E-state index is 0.0408. The summed E-state index contributed by atoms with van der Waals surface area (Å²) in [4.78, 5) is 33.1. The zero-order valence-corrected chi connectivity index (χ0v) is 16.2. The highest BCUT2D eigenvalue weighted by Crippen LogP contribution is 2.64. The van der Waals surface area contributed by atoms with Crippen LogP contribution in [0.15, 0.2) is 24.8 Å². The Balaban J connectivity index is 0.000000322. The number of carboxylic acid groups (broad SMARTS) is 2. The van der Waals surface area contributed by atoms with Crippen molar-refractivity contribution in [2.45, 2.75) is 48.8 Å². The van der Waals surface area contributed by atoms with Crippen molar-refractivity contribution in [1.29, 1.82) is 0 Å². The van der Waals surface area contributed by atoms with E-state index in [-0.39, 0.29) is 17.6 Å². The van der Waals surface area contributed by atoms with E-state index in [9.17, 15) is 15.0 Å². The van der Waals surface area contributed by atoms with Crippen molar-refractivity contribution in [3.63, 3.8) is 0 Å². The molecule has 1 saturated heterocycles. The molecule has 30 heavy (non-hydrogen) atoms. The van der Waals surface area contributed by atoms with Gasteiger partial charge in [-0.25, -0.2) is 9.59 Å². The number of ketones is 1. The lowest BCUT2D eigenvalue weighted by atomic mass is 9.49. The number of ether oxygens (including phenoxy) is 1. The van der Waals surface area contributed by atoms with Gasteiger partial charge in [0.05, 0.1) is 11.0 Å². The van der Waals surface area contributed by atoms with Gasteiger partial charge >= 0.3 is 11.9 Å². The van der Waals surface area contributed by atoms with E-state index < -0.39 is 29.1 Å². The molecule has 4 atom stereocenters. The standard InChI is InChI=1S/C19H21NO4.C2H2O4/c1-2-8-20-9-7-18-15-11-3-4-12(21)16(15)24-17(18)13(22)5-6-19(18,23)14(20)10-11;3-1(4)2(5)6/h2-4,14,17,21,23H,1,5-10H2;(H,3,4)(H,5,6)/t14-,17+,18+,19-;/m1./s1. The Kier molecular flexibility index (Phi) is 4.63. The molecule has 2 aliphatic carbocycles. The highest BCUT2D eigenvalue weighted by Gasteiger charge is 2.73. The van der Waals surface area contributed by atoms with Crippen LogP contribution in [-0.4, -0.2) is 73.9 Å². The number of Topliss-reactive ketones (excluding diaryl/α,β-unsaturated/α-hetero) is 1. The molecule has 160 valence electrons. The molecular weight excluding hydrogens is 394 g/mol. The van der Waals surface area contributed by atoms with E-state index >= 15 is 0 Å². The summed E-state index contributed by atoms with van der Waals surface area (Å²) in [7, 11) is 0. The lowest BCUT2D eigenvalue weighted by molar-refractivity contribution is -0.187. The first-order valence-corrected chi connectivity index (χ1v) is 9.75. The number of hydrogen-bond donors (Lipinski definition) is 4. The maximum atomic E-state index is 12.6. The van der Waals surface area contributed by atoms with Crippen LogP contribution in [0, 0.1) is 0 Å². The number of nitrogens with zero attached hydrogens (tertiary/aromatic N) is 1. The van der Waals surface area contributed by atoms with Crippen molar-refractivity contribution in [2.24, 2.45) is 0 Å². The highest BCUT2D eigenvalue weighted by molar-refractivity contribution is 6.27. The Morgan fingerprint density at radius 1 is 1.27 bits per heavy atom. The third-order valence-corrected chi connectivity index (χ3v) is 6.92. The molecule has 0 aromatic heterocycles. The van der Waals surface area contributed by atoms with Crippen LogP contribution in [0.1, 0.15) is 30.4 Å². The molecule has 2 fully saturated rings. The number of carbonyl (C=O) groups excluding carboxylic acids is 1. The summed E-state index contributed by atoms with van der Waals surface area (Å²) < 4.78 is 5.98. The van der Waals surface area contributed by atoms with E-state index in [0.717, 1.165) is 24.2 Å². The van der Waals surface area contributed by atoms with E-state index in [4.69, 9.17) is 24.5 Å². The van der Waals surface area contributed by atoms with E-state index in [1.54, 1.807) is 6.07 Å². The first-order valence-electron chi connectivity index (χ1n) is 9.75. The molecule has 2 heterocycles. The Hall–Kier alpha value is -2.91. The fourth-order valence-corrected chi connectivity index (χ4v) is 5.80. The zero-order valence-electron chi connectivity index (χ0n) is 16.2. The van der Waals surface area contributed by atoms with Gasteiger partial charge in [-0.15, -0.1) is 6.58 Å². The number of rotatable bonds is 2. The Morgan fingerprint density at radius 2 is 1.97 bits per heavy atom. The Bertz CT molecular complexity index is 947. The number of phenolic OH excluding ortho intramolecular Hbond substituents is 1. The van der Waals surface area contributed by atoms with E-state index in [1.165, 1.54) is 0 Å². The Morgan fingerprint density at radius 3 is 2.60 bits per heavy atom. The molecule has 5 rings (SSSR count). The lowest BCUT2D eigenvalue weighted by Gasteiger charge is -2.62. The van der Waals surface area contributed by atoms with Crippen molar-refractivity contribution in [3.05, 3.63) is 35.9 Å². The number of phenols is 1. The quantitative estimate of drug-likeness (QED) is 0.398. The second-order valence-electron chi connectivity index (χ2n) is 8.17. The molecule has 1 aromatic rings. The van der Waals surface area contributed by atoms with Crippen molar-refractivity contribution < 1.29 is 39.5 Å². The minimum atomic E-state index is -1.82. The largest absolute Gasteiger partial charge is 0.504 e.